The quantitative estimate of drug-likeness (QED) is 0.901. The fraction of sp³-hybridized carbons (Fsp3) is 0.214. The number of rotatable bonds is 3. The number of nitrogens with one attached hydrogen (secondary N) is 2. The summed E-state index contributed by atoms with van der Waals surface area (Å²) in [7, 11) is 0. The molecule has 2 N–H and O–H groups in total. The SMILES string of the molecule is O=C(Nc1ccccn1)C1CSC(c2cccnc2)N1. The summed E-state index contributed by atoms with van der Waals surface area (Å²) in [5.74, 6) is 1.26. The third-order valence-corrected chi connectivity index (χ3v) is 4.27. The van der Waals surface area contributed by atoms with Gasteiger partial charge in [-0.2, -0.15) is 0 Å². The molecule has 1 fully saturated rings. The fourth-order valence-corrected chi connectivity index (χ4v) is 3.22. The minimum Gasteiger partial charge on any atom is -0.309 e. The Hall–Kier alpha value is -1.92. The Bertz CT molecular complexity index is 578. The van der Waals surface area contributed by atoms with Gasteiger partial charge in [-0.25, -0.2) is 4.98 Å². The van der Waals surface area contributed by atoms with Gasteiger partial charge in [0.15, 0.2) is 0 Å². The molecule has 3 heterocycles. The zero-order valence-corrected chi connectivity index (χ0v) is 11.5. The van der Waals surface area contributed by atoms with Crippen molar-refractivity contribution in [1.82, 2.24) is 15.3 Å². The zero-order valence-electron chi connectivity index (χ0n) is 10.7. The average Bonchev–Trinajstić information content (AvgIpc) is 2.99. The van der Waals surface area contributed by atoms with E-state index in [0.29, 0.717) is 5.82 Å². The van der Waals surface area contributed by atoms with E-state index < -0.39 is 0 Å². The lowest BCUT2D eigenvalue weighted by molar-refractivity contribution is -0.117. The lowest BCUT2D eigenvalue weighted by Gasteiger charge is -2.13. The Morgan fingerprint density at radius 2 is 2.25 bits per heavy atom. The van der Waals surface area contributed by atoms with Crippen LogP contribution in [0.5, 0.6) is 0 Å². The predicted molar refractivity (Wildman–Crippen MR) is 79.2 cm³/mol. The second-order valence-corrected chi connectivity index (χ2v) is 5.56. The first-order chi connectivity index (χ1) is 9.83. The van der Waals surface area contributed by atoms with Gasteiger partial charge in [-0.3, -0.25) is 15.1 Å². The molecule has 1 amide bonds. The molecule has 1 aliphatic heterocycles. The van der Waals surface area contributed by atoms with Gasteiger partial charge in [-0.1, -0.05) is 12.1 Å². The number of amides is 1. The molecule has 0 aliphatic carbocycles. The minimum atomic E-state index is -0.216. The summed E-state index contributed by atoms with van der Waals surface area (Å²) in [4.78, 5) is 20.3. The van der Waals surface area contributed by atoms with Crippen molar-refractivity contribution >= 4 is 23.5 Å². The van der Waals surface area contributed by atoms with Gasteiger partial charge in [0, 0.05) is 24.3 Å². The van der Waals surface area contributed by atoms with Crippen LogP contribution in [-0.4, -0.2) is 27.7 Å². The molecule has 2 aromatic heterocycles. The molecule has 102 valence electrons. The van der Waals surface area contributed by atoms with Gasteiger partial charge >= 0.3 is 0 Å². The Balaban J connectivity index is 1.61. The average molecular weight is 286 g/mol. The topological polar surface area (TPSA) is 66.9 Å². The first-order valence-corrected chi connectivity index (χ1v) is 7.37. The van der Waals surface area contributed by atoms with Crippen LogP contribution in [0.25, 0.3) is 0 Å². The Morgan fingerprint density at radius 3 is 3.00 bits per heavy atom. The van der Waals surface area contributed by atoms with Gasteiger partial charge in [0.2, 0.25) is 5.91 Å². The van der Waals surface area contributed by atoms with E-state index >= 15 is 0 Å². The summed E-state index contributed by atoms with van der Waals surface area (Å²) < 4.78 is 0. The number of aromatic nitrogens is 2. The first kappa shape index (κ1) is 13.1. The largest absolute Gasteiger partial charge is 0.309 e. The van der Waals surface area contributed by atoms with Crippen LogP contribution in [0.2, 0.25) is 0 Å². The second-order valence-electron chi connectivity index (χ2n) is 4.42. The molecule has 0 saturated carbocycles. The number of thioether (sulfide) groups is 1. The van der Waals surface area contributed by atoms with Gasteiger partial charge in [-0.15, -0.1) is 11.8 Å². The smallest absolute Gasteiger partial charge is 0.243 e. The fourth-order valence-electron chi connectivity index (χ4n) is 2.00. The van der Waals surface area contributed by atoms with E-state index in [1.165, 1.54) is 0 Å². The second kappa shape index (κ2) is 6.02. The molecule has 1 saturated heterocycles. The maximum Gasteiger partial charge on any atom is 0.243 e. The zero-order chi connectivity index (χ0) is 13.8. The Morgan fingerprint density at radius 1 is 1.30 bits per heavy atom. The summed E-state index contributed by atoms with van der Waals surface area (Å²) in [6.07, 6.45) is 5.23. The van der Waals surface area contributed by atoms with Crippen molar-refractivity contribution < 1.29 is 4.79 Å². The van der Waals surface area contributed by atoms with Gasteiger partial charge in [0.1, 0.15) is 5.82 Å². The highest BCUT2D eigenvalue weighted by Gasteiger charge is 2.30. The van der Waals surface area contributed by atoms with E-state index in [4.69, 9.17) is 0 Å². The maximum absolute atomic E-state index is 12.1. The highest BCUT2D eigenvalue weighted by Crippen LogP contribution is 2.32. The molecule has 2 unspecified atom stereocenters. The van der Waals surface area contributed by atoms with Crippen molar-refractivity contribution in [2.75, 3.05) is 11.1 Å². The molecule has 5 nitrogen and oxygen atoms in total. The monoisotopic (exact) mass is 286 g/mol. The Kier molecular flexibility index (Phi) is 3.94. The normalized spacial score (nSPS) is 21.6. The van der Waals surface area contributed by atoms with Crippen molar-refractivity contribution in [3.8, 4) is 0 Å². The van der Waals surface area contributed by atoms with Crippen LogP contribution < -0.4 is 10.6 Å². The molecule has 3 rings (SSSR count). The standard InChI is InChI=1S/C14H14N4OS/c19-13(18-12-5-1-2-7-16-12)11-9-20-14(17-11)10-4-3-6-15-8-10/h1-8,11,14,17H,9H2,(H,16,18,19). The molecule has 2 atom stereocenters. The van der Waals surface area contributed by atoms with Crippen LogP contribution in [0.1, 0.15) is 10.9 Å². The summed E-state index contributed by atoms with van der Waals surface area (Å²) >= 11 is 1.71. The van der Waals surface area contributed by atoms with Crippen molar-refractivity contribution in [2.24, 2.45) is 0 Å². The Labute approximate surface area is 121 Å². The van der Waals surface area contributed by atoms with E-state index in [1.54, 1.807) is 30.2 Å². The van der Waals surface area contributed by atoms with E-state index in [2.05, 4.69) is 20.6 Å². The molecule has 6 heteroatoms. The van der Waals surface area contributed by atoms with E-state index in [1.807, 2.05) is 30.5 Å². The number of nitrogens with zero attached hydrogens (tertiary/aromatic N) is 2. The van der Waals surface area contributed by atoms with Gasteiger partial charge in [-0.05, 0) is 23.8 Å². The van der Waals surface area contributed by atoms with Crippen LogP contribution in [-0.2, 0) is 4.79 Å². The van der Waals surface area contributed by atoms with Crippen LogP contribution in [0, 0.1) is 0 Å². The van der Waals surface area contributed by atoms with E-state index in [-0.39, 0.29) is 17.3 Å². The van der Waals surface area contributed by atoms with Crippen molar-refractivity contribution in [3.05, 3.63) is 54.5 Å². The van der Waals surface area contributed by atoms with E-state index in [9.17, 15) is 4.79 Å². The summed E-state index contributed by atoms with van der Waals surface area (Å²) in [6.45, 7) is 0. The number of carbonyl (C=O) groups excluding carboxylic acids is 1. The minimum absolute atomic E-state index is 0.0532. The number of hydrogen-bond acceptors (Lipinski definition) is 5. The van der Waals surface area contributed by atoms with Crippen LogP contribution in [0.15, 0.2) is 48.9 Å². The highest BCUT2D eigenvalue weighted by atomic mass is 32.2. The van der Waals surface area contributed by atoms with Gasteiger partial charge in [0.05, 0.1) is 11.4 Å². The van der Waals surface area contributed by atoms with E-state index in [0.717, 1.165) is 11.3 Å². The maximum atomic E-state index is 12.1. The first-order valence-electron chi connectivity index (χ1n) is 6.32. The number of carbonyl (C=O) groups is 1. The number of anilines is 1. The molecule has 0 spiro atoms. The van der Waals surface area contributed by atoms with Gasteiger partial charge < -0.3 is 5.32 Å². The van der Waals surface area contributed by atoms with Crippen LogP contribution >= 0.6 is 11.8 Å². The molecular weight excluding hydrogens is 272 g/mol. The van der Waals surface area contributed by atoms with Crippen molar-refractivity contribution in [3.63, 3.8) is 0 Å². The molecule has 0 aromatic carbocycles. The van der Waals surface area contributed by atoms with Crippen molar-refractivity contribution in [2.45, 2.75) is 11.4 Å². The van der Waals surface area contributed by atoms with Crippen LogP contribution in [0.3, 0.4) is 0 Å². The molecule has 2 aromatic rings. The predicted octanol–water partition coefficient (Wildman–Crippen LogP) is 1.82. The molecular formula is C14H14N4OS. The third kappa shape index (κ3) is 2.97. The summed E-state index contributed by atoms with van der Waals surface area (Å²) in [6, 6.07) is 9.14. The number of pyridine rings is 2. The number of hydrogen-bond donors (Lipinski definition) is 2. The third-order valence-electron chi connectivity index (χ3n) is 3.00. The lowest BCUT2D eigenvalue weighted by Crippen LogP contribution is -2.38. The highest BCUT2D eigenvalue weighted by molar-refractivity contribution is 7.99. The summed E-state index contributed by atoms with van der Waals surface area (Å²) in [5, 5.41) is 6.24. The molecule has 0 radical (unpaired) electrons. The molecule has 1 aliphatic rings. The van der Waals surface area contributed by atoms with Crippen LogP contribution in [0.4, 0.5) is 5.82 Å². The summed E-state index contributed by atoms with van der Waals surface area (Å²) in [5.41, 5.74) is 1.09. The molecule has 0 bridgehead atoms. The van der Waals surface area contributed by atoms with Crippen molar-refractivity contribution in [1.29, 1.82) is 0 Å². The lowest BCUT2D eigenvalue weighted by atomic mass is 10.2. The van der Waals surface area contributed by atoms with Gasteiger partial charge in [0.25, 0.3) is 0 Å². The molecule has 20 heavy (non-hydrogen) atoms.